The van der Waals surface area contributed by atoms with Crippen LogP contribution < -0.4 is 10.2 Å². The number of anilines is 1. The van der Waals surface area contributed by atoms with Crippen molar-refractivity contribution in [1.82, 2.24) is 5.32 Å². The van der Waals surface area contributed by atoms with Gasteiger partial charge >= 0.3 is 0 Å². The molecule has 2 unspecified atom stereocenters. The monoisotopic (exact) mass is 292 g/mol. The standard InChI is InChI=1S/C16H24N2O3/c1-11(2)17-16(20)15-10-21-9-8-18(15)14-6-4-13(5-7-14)12(3)19/h4-7,11-12,15,19H,8-10H2,1-3H3,(H,17,20). The molecule has 1 heterocycles. The van der Waals surface area contributed by atoms with Gasteiger partial charge in [-0.15, -0.1) is 0 Å². The van der Waals surface area contributed by atoms with Crippen LogP contribution >= 0.6 is 0 Å². The molecular weight excluding hydrogens is 268 g/mol. The lowest BCUT2D eigenvalue weighted by Crippen LogP contribution is -2.55. The van der Waals surface area contributed by atoms with Crippen molar-refractivity contribution in [3.63, 3.8) is 0 Å². The molecule has 1 aromatic carbocycles. The maximum absolute atomic E-state index is 12.3. The first-order valence-electron chi connectivity index (χ1n) is 7.42. The number of carbonyl (C=O) groups is 1. The van der Waals surface area contributed by atoms with Gasteiger partial charge in [0.15, 0.2) is 0 Å². The number of benzene rings is 1. The van der Waals surface area contributed by atoms with Crippen molar-refractivity contribution in [2.24, 2.45) is 0 Å². The second-order valence-electron chi connectivity index (χ2n) is 5.71. The maximum Gasteiger partial charge on any atom is 0.245 e. The molecule has 1 aliphatic heterocycles. The lowest BCUT2D eigenvalue weighted by molar-refractivity contribution is -0.125. The summed E-state index contributed by atoms with van der Waals surface area (Å²) in [6.07, 6.45) is -0.483. The second kappa shape index (κ2) is 6.91. The number of nitrogens with zero attached hydrogens (tertiary/aromatic N) is 1. The molecule has 1 aliphatic rings. The largest absolute Gasteiger partial charge is 0.389 e. The van der Waals surface area contributed by atoms with Crippen LogP contribution in [0.5, 0.6) is 0 Å². The fourth-order valence-corrected chi connectivity index (χ4v) is 2.45. The number of aliphatic hydroxyl groups excluding tert-OH is 1. The highest BCUT2D eigenvalue weighted by molar-refractivity contribution is 5.85. The Labute approximate surface area is 125 Å². The number of ether oxygens (including phenoxy) is 1. The van der Waals surface area contributed by atoms with E-state index < -0.39 is 6.10 Å². The van der Waals surface area contributed by atoms with Crippen LogP contribution in [0.4, 0.5) is 5.69 Å². The molecule has 5 heteroatoms. The minimum Gasteiger partial charge on any atom is -0.389 e. The molecule has 0 bridgehead atoms. The molecule has 1 amide bonds. The molecule has 1 fully saturated rings. The molecule has 1 saturated heterocycles. The zero-order chi connectivity index (χ0) is 15.4. The molecule has 5 nitrogen and oxygen atoms in total. The van der Waals surface area contributed by atoms with Gasteiger partial charge in [0.25, 0.3) is 0 Å². The van der Waals surface area contributed by atoms with Gasteiger partial charge in [-0.3, -0.25) is 4.79 Å². The minimum atomic E-state index is -0.483. The number of nitrogens with one attached hydrogen (secondary N) is 1. The SMILES string of the molecule is CC(C)NC(=O)C1COCCN1c1ccc(C(C)O)cc1. The van der Waals surface area contributed by atoms with E-state index in [2.05, 4.69) is 10.2 Å². The van der Waals surface area contributed by atoms with Crippen molar-refractivity contribution in [3.8, 4) is 0 Å². The highest BCUT2D eigenvalue weighted by Crippen LogP contribution is 2.22. The van der Waals surface area contributed by atoms with E-state index in [1.807, 2.05) is 38.1 Å². The summed E-state index contributed by atoms with van der Waals surface area (Å²) >= 11 is 0. The van der Waals surface area contributed by atoms with E-state index in [1.165, 1.54) is 0 Å². The summed E-state index contributed by atoms with van der Waals surface area (Å²) in [6.45, 7) is 7.33. The zero-order valence-corrected chi connectivity index (χ0v) is 12.9. The number of hydrogen-bond donors (Lipinski definition) is 2. The number of rotatable bonds is 4. The predicted octanol–water partition coefficient (Wildman–Crippen LogP) is 1.47. The van der Waals surface area contributed by atoms with Gasteiger partial charge in [0.2, 0.25) is 5.91 Å². The molecule has 21 heavy (non-hydrogen) atoms. The van der Waals surface area contributed by atoms with Crippen molar-refractivity contribution in [2.75, 3.05) is 24.7 Å². The number of morpholine rings is 1. The van der Waals surface area contributed by atoms with Crippen LogP contribution in [0.25, 0.3) is 0 Å². The zero-order valence-electron chi connectivity index (χ0n) is 12.9. The Morgan fingerprint density at radius 3 is 2.57 bits per heavy atom. The van der Waals surface area contributed by atoms with E-state index in [1.54, 1.807) is 6.92 Å². The summed E-state index contributed by atoms with van der Waals surface area (Å²) in [5.74, 6) is -0.00990. The fraction of sp³-hybridized carbons (Fsp3) is 0.562. The fourth-order valence-electron chi connectivity index (χ4n) is 2.45. The molecule has 1 aromatic rings. The highest BCUT2D eigenvalue weighted by Gasteiger charge is 2.29. The first-order chi connectivity index (χ1) is 9.99. The van der Waals surface area contributed by atoms with E-state index in [4.69, 9.17) is 4.74 Å². The van der Waals surface area contributed by atoms with E-state index in [9.17, 15) is 9.90 Å². The average Bonchev–Trinajstić information content (AvgIpc) is 2.46. The Balaban J connectivity index is 2.16. The van der Waals surface area contributed by atoms with Gasteiger partial charge < -0.3 is 20.1 Å². The van der Waals surface area contributed by atoms with Crippen molar-refractivity contribution < 1.29 is 14.6 Å². The van der Waals surface area contributed by atoms with Crippen LogP contribution in [-0.4, -0.2) is 42.9 Å². The molecule has 2 atom stereocenters. The first-order valence-corrected chi connectivity index (χ1v) is 7.42. The number of aliphatic hydroxyl groups is 1. The lowest BCUT2D eigenvalue weighted by atomic mass is 10.1. The van der Waals surface area contributed by atoms with Crippen molar-refractivity contribution in [3.05, 3.63) is 29.8 Å². The Kier molecular flexibility index (Phi) is 5.20. The summed E-state index contributed by atoms with van der Waals surface area (Å²) in [4.78, 5) is 14.4. The van der Waals surface area contributed by atoms with E-state index in [0.717, 1.165) is 11.3 Å². The molecule has 0 aliphatic carbocycles. The van der Waals surface area contributed by atoms with Gasteiger partial charge in [-0.25, -0.2) is 0 Å². The molecular formula is C16H24N2O3. The van der Waals surface area contributed by atoms with Gasteiger partial charge in [-0.1, -0.05) is 12.1 Å². The number of amides is 1. The number of hydrogen-bond acceptors (Lipinski definition) is 4. The van der Waals surface area contributed by atoms with Gasteiger partial charge in [-0.05, 0) is 38.5 Å². The third-order valence-corrected chi connectivity index (χ3v) is 3.57. The molecule has 0 saturated carbocycles. The van der Waals surface area contributed by atoms with Crippen molar-refractivity contribution in [1.29, 1.82) is 0 Å². The average molecular weight is 292 g/mol. The summed E-state index contributed by atoms with van der Waals surface area (Å²) in [5.41, 5.74) is 1.85. The molecule has 2 N–H and O–H groups in total. The third kappa shape index (κ3) is 3.95. The molecule has 2 rings (SSSR count). The van der Waals surface area contributed by atoms with E-state index in [-0.39, 0.29) is 18.0 Å². The topological polar surface area (TPSA) is 61.8 Å². The Morgan fingerprint density at radius 1 is 1.33 bits per heavy atom. The van der Waals surface area contributed by atoms with Crippen LogP contribution in [-0.2, 0) is 9.53 Å². The Morgan fingerprint density at radius 2 is 2.00 bits per heavy atom. The quantitative estimate of drug-likeness (QED) is 0.882. The summed E-state index contributed by atoms with van der Waals surface area (Å²) in [7, 11) is 0. The summed E-state index contributed by atoms with van der Waals surface area (Å²) in [6, 6.07) is 7.49. The van der Waals surface area contributed by atoms with Gasteiger partial charge in [0, 0.05) is 18.3 Å². The second-order valence-corrected chi connectivity index (χ2v) is 5.71. The van der Waals surface area contributed by atoms with Gasteiger partial charge in [0.05, 0.1) is 19.3 Å². The number of carbonyl (C=O) groups excluding carboxylic acids is 1. The molecule has 0 radical (unpaired) electrons. The van der Waals surface area contributed by atoms with E-state index in [0.29, 0.717) is 19.8 Å². The van der Waals surface area contributed by atoms with Crippen LogP contribution in [0.2, 0.25) is 0 Å². The maximum atomic E-state index is 12.3. The van der Waals surface area contributed by atoms with Crippen molar-refractivity contribution in [2.45, 2.75) is 39.0 Å². The van der Waals surface area contributed by atoms with Gasteiger partial charge in [-0.2, -0.15) is 0 Å². The molecule has 0 spiro atoms. The highest BCUT2D eigenvalue weighted by atomic mass is 16.5. The van der Waals surface area contributed by atoms with Crippen LogP contribution in [0.3, 0.4) is 0 Å². The molecule has 0 aromatic heterocycles. The first kappa shape index (κ1) is 15.8. The lowest BCUT2D eigenvalue weighted by Gasteiger charge is -2.36. The minimum absolute atomic E-state index is 0.00990. The predicted molar refractivity (Wildman–Crippen MR) is 82.3 cm³/mol. The summed E-state index contributed by atoms with van der Waals surface area (Å²) in [5, 5.41) is 12.5. The van der Waals surface area contributed by atoms with Crippen LogP contribution in [0.1, 0.15) is 32.4 Å². The summed E-state index contributed by atoms with van der Waals surface area (Å²) < 4.78 is 5.46. The molecule has 116 valence electrons. The Bertz CT molecular complexity index is 471. The van der Waals surface area contributed by atoms with Gasteiger partial charge in [0.1, 0.15) is 6.04 Å². The normalized spacial score (nSPS) is 20.4. The van der Waals surface area contributed by atoms with Crippen LogP contribution in [0.15, 0.2) is 24.3 Å². The van der Waals surface area contributed by atoms with Crippen LogP contribution in [0, 0.1) is 0 Å². The van der Waals surface area contributed by atoms with E-state index >= 15 is 0 Å². The third-order valence-electron chi connectivity index (χ3n) is 3.57. The smallest absolute Gasteiger partial charge is 0.245 e. The Hall–Kier alpha value is -1.59. The van der Waals surface area contributed by atoms with Crippen molar-refractivity contribution >= 4 is 11.6 Å².